The van der Waals surface area contributed by atoms with Crippen LogP contribution in [0.1, 0.15) is 12.5 Å². The SMILES string of the molecule is C=CCn1c(-c2ccc(OCC)cc2)cs/c1=N\N=C\c1cccc(F)c1. The number of benzene rings is 2. The quantitative estimate of drug-likeness (QED) is 0.327. The topological polar surface area (TPSA) is 38.9 Å². The summed E-state index contributed by atoms with van der Waals surface area (Å²) in [5, 5.41) is 10.4. The molecule has 3 aromatic rings. The van der Waals surface area contributed by atoms with Crippen molar-refractivity contribution in [2.24, 2.45) is 10.2 Å². The summed E-state index contributed by atoms with van der Waals surface area (Å²) in [5.74, 6) is 0.547. The fourth-order valence-electron chi connectivity index (χ4n) is 2.57. The molecule has 0 N–H and O–H groups in total. The molecular weight excluding hydrogens is 361 g/mol. The maximum atomic E-state index is 13.2. The van der Waals surface area contributed by atoms with Crippen molar-refractivity contribution in [3.63, 3.8) is 0 Å². The van der Waals surface area contributed by atoms with Gasteiger partial charge in [-0.15, -0.1) is 23.0 Å². The first-order valence-corrected chi connectivity index (χ1v) is 9.44. The van der Waals surface area contributed by atoms with E-state index >= 15 is 0 Å². The van der Waals surface area contributed by atoms with Gasteiger partial charge < -0.3 is 9.30 Å². The van der Waals surface area contributed by atoms with Crippen LogP contribution in [0.5, 0.6) is 5.75 Å². The van der Waals surface area contributed by atoms with Crippen molar-refractivity contribution >= 4 is 17.6 Å². The van der Waals surface area contributed by atoms with Crippen molar-refractivity contribution in [1.29, 1.82) is 0 Å². The third-order valence-electron chi connectivity index (χ3n) is 3.77. The first-order chi connectivity index (χ1) is 13.2. The highest BCUT2D eigenvalue weighted by molar-refractivity contribution is 7.07. The number of halogens is 1. The molecule has 6 heteroatoms. The van der Waals surface area contributed by atoms with Crippen LogP contribution in [0.2, 0.25) is 0 Å². The van der Waals surface area contributed by atoms with Gasteiger partial charge in [0.05, 0.1) is 18.5 Å². The smallest absolute Gasteiger partial charge is 0.211 e. The fraction of sp³-hybridized carbons (Fsp3) is 0.143. The van der Waals surface area contributed by atoms with E-state index in [2.05, 4.69) is 16.8 Å². The highest BCUT2D eigenvalue weighted by atomic mass is 32.1. The number of allylic oxidation sites excluding steroid dienone is 1. The third-order valence-corrected chi connectivity index (χ3v) is 4.62. The Morgan fingerprint density at radius 3 is 2.74 bits per heavy atom. The molecule has 0 aliphatic rings. The number of ether oxygens (including phenoxy) is 1. The minimum Gasteiger partial charge on any atom is -0.494 e. The van der Waals surface area contributed by atoms with E-state index in [1.165, 1.54) is 29.7 Å². The largest absolute Gasteiger partial charge is 0.494 e. The van der Waals surface area contributed by atoms with Crippen molar-refractivity contribution in [3.05, 3.63) is 82.7 Å². The normalized spacial score (nSPS) is 11.9. The van der Waals surface area contributed by atoms with Gasteiger partial charge in [-0.05, 0) is 54.4 Å². The number of hydrogen-bond donors (Lipinski definition) is 0. The summed E-state index contributed by atoms with van der Waals surface area (Å²) in [6.45, 7) is 7.04. The molecule has 4 nitrogen and oxygen atoms in total. The van der Waals surface area contributed by atoms with E-state index in [4.69, 9.17) is 4.74 Å². The first-order valence-electron chi connectivity index (χ1n) is 8.56. The summed E-state index contributed by atoms with van der Waals surface area (Å²) in [4.78, 5) is 0.742. The lowest BCUT2D eigenvalue weighted by molar-refractivity contribution is 0.340. The van der Waals surface area contributed by atoms with E-state index < -0.39 is 0 Å². The predicted octanol–water partition coefficient (Wildman–Crippen LogP) is 4.88. The van der Waals surface area contributed by atoms with E-state index in [9.17, 15) is 4.39 Å². The second-order valence-electron chi connectivity index (χ2n) is 5.66. The van der Waals surface area contributed by atoms with Crippen molar-refractivity contribution in [3.8, 4) is 17.0 Å². The average molecular weight is 381 g/mol. The molecule has 2 aromatic carbocycles. The molecule has 1 heterocycles. The van der Waals surface area contributed by atoms with Crippen LogP contribution in [0.15, 0.2) is 76.8 Å². The van der Waals surface area contributed by atoms with Crippen LogP contribution in [0.3, 0.4) is 0 Å². The molecule has 0 amide bonds. The molecule has 0 fully saturated rings. The van der Waals surface area contributed by atoms with E-state index in [0.717, 1.165) is 21.8 Å². The standard InChI is InChI=1S/C21H20FN3OS/c1-3-12-25-20(17-8-10-19(11-9-17)26-4-2)15-27-21(25)24-23-14-16-6-5-7-18(22)13-16/h3,5-11,13-15H,1,4,12H2,2H3/b23-14+,24-21-. The van der Waals surface area contributed by atoms with Crippen LogP contribution >= 0.6 is 11.3 Å². The van der Waals surface area contributed by atoms with Crippen LogP contribution in [-0.4, -0.2) is 17.4 Å². The van der Waals surface area contributed by atoms with Gasteiger partial charge in [0.1, 0.15) is 11.6 Å². The zero-order chi connectivity index (χ0) is 19.1. The Hall–Kier alpha value is -2.99. The summed E-state index contributed by atoms with van der Waals surface area (Å²) in [7, 11) is 0. The van der Waals surface area contributed by atoms with Crippen LogP contribution in [0.25, 0.3) is 11.3 Å². The summed E-state index contributed by atoms with van der Waals surface area (Å²) < 4.78 is 20.8. The number of thiazole rings is 1. The highest BCUT2D eigenvalue weighted by Gasteiger charge is 2.07. The number of hydrogen-bond acceptors (Lipinski definition) is 4. The van der Waals surface area contributed by atoms with Gasteiger partial charge >= 0.3 is 0 Å². The molecule has 0 spiro atoms. The van der Waals surface area contributed by atoms with Crippen molar-refractivity contribution in [2.75, 3.05) is 6.61 Å². The fourth-order valence-corrected chi connectivity index (χ4v) is 3.44. The third kappa shape index (κ3) is 4.80. The lowest BCUT2D eigenvalue weighted by Gasteiger charge is -2.07. The van der Waals surface area contributed by atoms with Gasteiger partial charge in [-0.3, -0.25) is 0 Å². The average Bonchev–Trinajstić information content (AvgIpc) is 3.06. The second-order valence-corrected chi connectivity index (χ2v) is 6.50. The van der Waals surface area contributed by atoms with E-state index in [0.29, 0.717) is 18.7 Å². The molecule has 0 saturated carbocycles. The zero-order valence-electron chi connectivity index (χ0n) is 15.0. The molecular formula is C21H20FN3OS. The Balaban J connectivity index is 1.91. The maximum Gasteiger partial charge on any atom is 0.211 e. The summed E-state index contributed by atoms with van der Waals surface area (Å²) in [6.07, 6.45) is 3.36. The molecule has 0 radical (unpaired) electrons. The minimum absolute atomic E-state index is 0.297. The van der Waals surface area contributed by atoms with Gasteiger partial charge in [-0.25, -0.2) is 4.39 Å². The van der Waals surface area contributed by atoms with E-state index in [-0.39, 0.29) is 5.82 Å². The maximum absolute atomic E-state index is 13.2. The summed E-state index contributed by atoms with van der Waals surface area (Å²) in [6, 6.07) is 14.2. The molecule has 3 rings (SSSR count). The Bertz CT molecular complexity index is 1000. The Morgan fingerprint density at radius 2 is 2.04 bits per heavy atom. The lowest BCUT2D eigenvalue weighted by atomic mass is 10.1. The molecule has 0 atom stereocenters. The summed E-state index contributed by atoms with van der Waals surface area (Å²) >= 11 is 1.49. The van der Waals surface area contributed by atoms with Crippen molar-refractivity contribution in [1.82, 2.24) is 4.57 Å². The number of aromatic nitrogens is 1. The van der Waals surface area contributed by atoms with Gasteiger partial charge in [0.15, 0.2) is 0 Å². The highest BCUT2D eigenvalue weighted by Crippen LogP contribution is 2.23. The zero-order valence-corrected chi connectivity index (χ0v) is 15.8. The Labute approximate surface area is 161 Å². The van der Waals surface area contributed by atoms with Crippen LogP contribution in [-0.2, 0) is 6.54 Å². The summed E-state index contributed by atoms with van der Waals surface area (Å²) in [5.41, 5.74) is 2.76. The monoisotopic (exact) mass is 381 g/mol. The molecule has 1 aromatic heterocycles. The van der Waals surface area contributed by atoms with Gasteiger partial charge in [-0.1, -0.05) is 18.2 Å². The molecule has 0 unspecified atom stereocenters. The molecule has 0 aliphatic carbocycles. The Kier molecular flexibility index (Phi) is 6.33. The van der Waals surface area contributed by atoms with Crippen molar-refractivity contribution in [2.45, 2.75) is 13.5 Å². The van der Waals surface area contributed by atoms with Gasteiger partial charge in [0.2, 0.25) is 4.80 Å². The molecule has 138 valence electrons. The first kappa shape index (κ1) is 18.8. The van der Waals surface area contributed by atoms with Crippen LogP contribution in [0, 0.1) is 5.82 Å². The van der Waals surface area contributed by atoms with E-state index in [1.54, 1.807) is 12.1 Å². The predicted molar refractivity (Wildman–Crippen MR) is 109 cm³/mol. The van der Waals surface area contributed by atoms with Crippen LogP contribution < -0.4 is 9.54 Å². The molecule has 27 heavy (non-hydrogen) atoms. The molecule has 0 aliphatic heterocycles. The van der Waals surface area contributed by atoms with Gasteiger partial charge in [-0.2, -0.15) is 5.10 Å². The lowest BCUT2D eigenvalue weighted by Crippen LogP contribution is -2.14. The van der Waals surface area contributed by atoms with Gasteiger partial charge in [0, 0.05) is 11.9 Å². The van der Waals surface area contributed by atoms with Gasteiger partial charge in [0.25, 0.3) is 0 Å². The number of nitrogens with zero attached hydrogens (tertiary/aromatic N) is 3. The van der Waals surface area contributed by atoms with Crippen molar-refractivity contribution < 1.29 is 9.13 Å². The van der Waals surface area contributed by atoms with Crippen LogP contribution in [0.4, 0.5) is 4.39 Å². The second kappa shape index (κ2) is 9.09. The molecule has 0 saturated heterocycles. The van der Waals surface area contributed by atoms with E-state index in [1.807, 2.05) is 47.2 Å². The minimum atomic E-state index is -0.297. The molecule has 0 bridgehead atoms. The Morgan fingerprint density at radius 1 is 1.22 bits per heavy atom. The number of rotatable bonds is 7.